The third kappa shape index (κ3) is 63.4. The van der Waals surface area contributed by atoms with Gasteiger partial charge >= 0.3 is 5.97 Å². The molecule has 0 fully saturated rings. The van der Waals surface area contributed by atoms with E-state index in [9.17, 15) is 19.8 Å². The Kier molecular flexibility index (Phi) is 65.4. The zero-order valence-corrected chi connectivity index (χ0v) is 52.2. The van der Waals surface area contributed by atoms with Gasteiger partial charge in [0.15, 0.2) is 0 Å². The Bertz CT molecular complexity index is 1200. The molecule has 0 heterocycles. The number of carbonyl (C=O) groups is 2. The first-order valence-corrected chi connectivity index (χ1v) is 35.1. The van der Waals surface area contributed by atoms with Gasteiger partial charge in [0.2, 0.25) is 5.91 Å². The number of aliphatic hydroxyl groups is 2. The molecular formula is C71H137NO5. The van der Waals surface area contributed by atoms with Gasteiger partial charge in [-0.05, 0) is 70.6 Å². The fraction of sp³-hybridized carbons (Fsp3) is 0.915. The number of amides is 1. The molecule has 3 N–H and O–H groups in total. The number of aliphatic hydroxyl groups excluding tert-OH is 2. The van der Waals surface area contributed by atoms with Crippen LogP contribution in [0, 0.1) is 0 Å². The lowest BCUT2D eigenvalue weighted by atomic mass is 10.0. The second-order valence-corrected chi connectivity index (χ2v) is 24.2. The summed E-state index contributed by atoms with van der Waals surface area (Å²) in [6.07, 6.45) is 83.7. The van der Waals surface area contributed by atoms with Crippen LogP contribution in [0.5, 0.6) is 0 Å². The van der Waals surface area contributed by atoms with Crippen molar-refractivity contribution in [2.75, 3.05) is 13.2 Å². The van der Waals surface area contributed by atoms with Crippen LogP contribution in [0.25, 0.3) is 0 Å². The van der Waals surface area contributed by atoms with E-state index in [-0.39, 0.29) is 18.5 Å². The molecule has 0 saturated carbocycles. The molecule has 0 bridgehead atoms. The highest BCUT2D eigenvalue weighted by Gasteiger charge is 2.20. The van der Waals surface area contributed by atoms with Gasteiger partial charge in [-0.1, -0.05) is 334 Å². The molecule has 0 spiro atoms. The summed E-state index contributed by atoms with van der Waals surface area (Å²) < 4.78 is 5.46. The van der Waals surface area contributed by atoms with Crippen LogP contribution in [0.1, 0.15) is 393 Å². The van der Waals surface area contributed by atoms with Crippen molar-refractivity contribution in [1.29, 1.82) is 0 Å². The third-order valence-electron chi connectivity index (χ3n) is 16.5. The largest absolute Gasteiger partial charge is 0.466 e. The standard InChI is InChI=1S/C71H137NO5/c1-3-5-7-9-11-13-15-16-17-18-19-20-28-31-34-37-40-44-47-51-55-59-63-69(74)68(67-73)72-70(75)64-60-56-52-48-45-41-38-35-32-29-26-24-22-21-23-25-27-30-33-36-39-42-46-50-54-58-62-66-77-71(76)65-61-57-53-49-43-14-12-10-8-6-4-2/h10,12,21-22,68-69,73-74H,3-9,11,13-20,23-67H2,1-2H3,(H,72,75)/b12-10-,22-21-. The van der Waals surface area contributed by atoms with Crippen molar-refractivity contribution in [3.63, 3.8) is 0 Å². The van der Waals surface area contributed by atoms with Gasteiger partial charge in [-0.3, -0.25) is 9.59 Å². The van der Waals surface area contributed by atoms with E-state index in [2.05, 4.69) is 43.5 Å². The van der Waals surface area contributed by atoms with Gasteiger partial charge in [0, 0.05) is 12.8 Å². The van der Waals surface area contributed by atoms with Gasteiger partial charge in [-0.25, -0.2) is 0 Å². The van der Waals surface area contributed by atoms with Crippen LogP contribution in [0.2, 0.25) is 0 Å². The Morgan fingerprint density at radius 3 is 0.961 bits per heavy atom. The van der Waals surface area contributed by atoms with Gasteiger partial charge in [-0.2, -0.15) is 0 Å². The van der Waals surface area contributed by atoms with Crippen molar-refractivity contribution in [1.82, 2.24) is 5.32 Å². The Labute approximate surface area is 481 Å². The van der Waals surface area contributed by atoms with Gasteiger partial charge in [0.1, 0.15) is 0 Å². The summed E-state index contributed by atoms with van der Waals surface area (Å²) in [5, 5.41) is 23.4. The quantitative estimate of drug-likeness (QED) is 0.0320. The Hall–Kier alpha value is -1.66. The zero-order chi connectivity index (χ0) is 55.7. The summed E-state index contributed by atoms with van der Waals surface area (Å²) in [5.74, 6) is -0.0267. The molecule has 77 heavy (non-hydrogen) atoms. The van der Waals surface area contributed by atoms with Crippen molar-refractivity contribution < 1.29 is 24.5 Å². The first-order chi connectivity index (χ1) is 38.0. The van der Waals surface area contributed by atoms with E-state index < -0.39 is 12.1 Å². The van der Waals surface area contributed by atoms with Crippen LogP contribution in [-0.4, -0.2) is 47.4 Å². The normalized spacial score (nSPS) is 12.6. The van der Waals surface area contributed by atoms with Gasteiger partial charge in [0.25, 0.3) is 0 Å². The molecule has 456 valence electrons. The van der Waals surface area contributed by atoms with Crippen molar-refractivity contribution in [3.8, 4) is 0 Å². The van der Waals surface area contributed by atoms with Crippen LogP contribution in [0.4, 0.5) is 0 Å². The summed E-state index contributed by atoms with van der Waals surface area (Å²) >= 11 is 0. The van der Waals surface area contributed by atoms with Crippen molar-refractivity contribution in [2.24, 2.45) is 0 Å². The number of hydrogen-bond acceptors (Lipinski definition) is 5. The van der Waals surface area contributed by atoms with E-state index >= 15 is 0 Å². The number of esters is 1. The van der Waals surface area contributed by atoms with E-state index in [0.29, 0.717) is 25.9 Å². The van der Waals surface area contributed by atoms with Crippen molar-refractivity contribution in [2.45, 2.75) is 405 Å². The van der Waals surface area contributed by atoms with Crippen molar-refractivity contribution >= 4 is 11.9 Å². The predicted octanol–water partition coefficient (Wildman–Crippen LogP) is 22.5. The molecule has 0 aromatic carbocycles. The van der Waals surface area contributed by atoms with Gasteiger partial charge in [0.05, 0.1) is 25.4 Å². The van der Waals surface area contributed by atoms with Crippen LogP contribution < -0.4 is 5.32 Å². The minimum Gasteiger partial charge on any atom is -0.466 e. The van der Waals surface area contributed by atoms with Crippen LogP contribution >= 0.6 is 0 Å². The monoisotopic (exact) mass is 1080 g/mol. The molecule has 2 unspecified atom stereocenters. The van der Waals surface area contributed by atoms with Crippen LogP contribution in [-0.2, 0) is 14.3 Å². The highest BCUT2D eigenvalue weighted by molar-refractivity contribution is 5.76. The molecule has 0 aromatic rings. The molecule has 6 nitrogen and oxygen atoms in total. The van der Waals surface area contributed by atoms with E-state index in [4.69, 9.17) is 4.74 Å². The molecule has 0 aliphatic carbocycles. The highest BCUT2D eigenvalue weighted by atomic mass is 16.5. The average molecular weight is 1080 g/mol. The van der Waals surface area contributed by atoms with E-state index in [0.717, 1.165) is 44.9 Å². The number of nitrogens with one attached hydrogen (secondary N) is 1. The number of carbonyl (C=O) groups excluding carboxylic acids is 2. The zero-order valence-electron chi connectivity index (χ0n) is 52.2. The predicted molar refractivity (Wildman–Crippen MR) is 338 cm³/mol. The van der Waals surface area contributed by atoms with Crippen LogP contribution in [0.3, 0.4) is 0 Å². The maximum Gasteiger partial charge on any atom is 0.305 e. The molecule has 0 rings (SSSR count). The lowest BCUT2D eigenvalue weighted by Gasteiger charge is -2.22. The van der Waals surface area contributed by atoms with Crippen LogP contribution in [0.15, 0.2) is 24.3 Å². The maximum absolute atomic E-state index is 12.5. The SMILES string of the molecule is CCCC/C=C\CCCCCCCC(=O)OCCCCCCCCCCCCCC/C=C\CCCCCCCCCCCCCC(=O)NC(CO)C(O)CCCCCCCCCCCCCCCCCCCCCCCC. The fourth-order valence-electron chi connectivity index (χ4n) is 11.1. The van der Waals surface area contributed by atoms with E-state index in [1.165, 1.54) is 315 Å². The molecular weight excluding hydrogens is 947 g/mol. The second-order valence-electron chi connectivity index (χ2n) is 24.2. The minimum absolute atomic E-state index is 0.00463. The molecule has 6 heteroatoms. The highest BCUT2D eigenvalue weighted by Crippen LogP contribution is 2.19. The smallest absolute Gasteiger partial charge is 0.305 e. The number of rotatable bonds is 66. The van der Waals surface area contributed by atoms with Crippen molar-refractivity contribution in [3.05, 3.63) is 24.3 Å². The second kappa shape index (κ2) is 66.8. The summed E-state index contributed by atoms with van der Waals surface area (Å²) in [7, 11) is 0. The Morgan fingerprint density at radius 1 is 0.351 bits per heavy atom. The molecule has 0 aliphatic heterocycles. The number of hydrogen-bond donors (Lipinski definition) is 3. The van der Waals surface area contributed by atoms with E-state index in [1.54, 1.807) is 0 Å². The number of unbranched alkanes of at least 4 members (excludes halogenated alkanes) is 51. The lowest BCUT2D eigenvalue weighted by molar-refractivity contribution is -0.143. The molecule has 0 aliphatic rings. The lowest BCUT2D eigenvalue weighted by Crippen LogP contribution is -2.45. The summed E-state index contributed by atoms with van der Waals surface area (Å²) in [5.41, 5.74) is 0. The summed E-state index contributed by atoms with van der Waals surface area (Å²) in [6, 6.07) is -0.543. The Balaban J connectivity index is 3.39. The molecule has 0 saturated heterocycles. The number of allylic oxidation sites excluding steroid dienone is 4. The van der Waals surface area contributed by atoms with Gasteiger partial charge < -0.3 is 20.3 Å². The first-order valence-electron chi connectivity index (χ1n) is 35.1. The van der Waals surface area contributed by atoms with E-state index in [1.807, 2.05) is 0 Å². The topological polar surface area (TPSA) is 95.9 Å². The number of ether oxygens (including phenoxy) is 1. The average Bonchev–Trinajstić information content (AvgIpc) is 3.43. The fourth-order valence-corrected chi connectivity index (χ4v) is 11.1. The third-order valence-corrected chi connectivity index (χ3v) is 16.5. The molecule has 1 amide bonds. The molecule has 0 aromatic heterocycles. The summed E-state index contributed by atoms with van der Waals surface area (Å²) in [6.45, 7) is 4.95. The summed E-state index contributed by atoms with van der Waals surface area (Å²) in [4.78, 5) is 24.5. The Morgan fingerprint density at radius 2 is 0.623 bits per heavy atom. The first kappa shape index (κ1) is 75.3. The molecule has 2 atom stereocenters. The minimum atomic E-state index is -0.666. The van der Waals surface area contributed by atoms with Gasteiger partial charge in [-0.15, -0.1) is 0 Å². The molecule has 0 radical (unpaired) electrons. The maximum atomic E-state index is 12.5.